The predicted molar refractivity (Wildman–Crippen MR) is 106 cm³/mol. The third-order valence-electron chi connectivity index (χ3n) is 3.67. The van der Waals surface area contributed by atoms with Crippen molar-refractivity contribution in [1.29, 1.82) is 5.26 Å². The number of nitriles is 1. The molecule has 0 spiro atoms. The van der Waals surface area contributed by atoms with Gasteiger partial charge in [-0.05, 0) is 38.6 Å². The van der Waals surface area contributed by atoms with Gasteiger partial charge in [0.25, 0.3) is 0 Å². The number of ether oxygens (including phenoxy) is 2. The van der Waals surface area contributed by atoms with E-state index in [1.165, 1.54) is 11.3 Å². The molecule has 1 heterocycles. The molecule has 0 aliphatic carbocycles. The average molecular weight is 374 g/mol. The topological polar surface area (TPSA) is 58.4 Å². The third kappa shape index (κ3) is 6.41. The van der Waals surface area contributed by atoms with Crippen molar-refractivity contribution in [1.82, 2.24) is 9.88 Å². The normalized spacial score (nSPS) is 11.1. The van der Waals surface area contributed by atoms with Crippen LogP contribution < -0.4 is 4.74 Å². The molecule has 0 fully saturated rings. The molecule has 5 nitrogen and oxygen atoms in total. The van der Waals surface area contributed by atoms with Crippen LogP contribution in [0.3, 0.4) is 0 Å². The molecule has 0 amide bonds. The van der Waals surface area contributed by atoms with Crippen molar-refractivity contribution >= 4 is 11.3 Å². The van der Waals surface area contributed by atoms with E-state index in [4.69, 9.17) is 9.47 Å². The zero-order valence-electron chi connectivity index (χ0n) is 16.0. The molecule has 140 valence electrons. The number of thiazole rings is 1. The lowest BCUT2D eigenvalue weighted by Crippen LogP contribution is -2.19. The molecule has 2 aromatic rings. The molecule has 26 heavy (non-hydrogen) atoms. The highest BCUT2D eigenvalue weighted by Crippen LogP contribution is 2.31. The Balaban J connectivity index is 2.00. The highest BCUT2D eigenvalue weighted by molar-refractivity contribution is 7.12. The van der Waals surface area contributed by atoms with E-state index in [9.17, 15) is 5.26 Å². The summed E-state index contributed by atoms with van der Waals surface area (Å²) >= 11 is 1.48. The average Bonchev–Trinajstić information content (AvgIpc) is 3.00. The molecule has 2 rings (SSSR count). The molecule has 1 aromatic heterocycles. The first-order valence-electron chi connectivity index (χ1n) is 8.85. The molecule has 0 radical (unpaired) electrons. The number of likely N-dealkylation sites (N-methyl/N-ethyl adjacent to an activating group) is 1. The molecule has 0 aliphatic rings. The minimum Gasteiger partial charge on any atom is -0.491 e. The van der Waals surface area contributed by atoms with Crippen LogP contribution in [0.5, 0.6) is 5.75 Å². The quantitative estimate of drug-likeness (QED) is 0.592. The molecule has 0 unspecified atom stereocenters. The fraction of sp³-hybridized carbons (Fsp3) is 0.500. The summed E-state index contributed by atoms with van der Waals surface area (Å²) in [4.78, 5) is 7.74. The second kappa shape index (κ2) is 10.3. The van der Waals surface area contributed by atoms with Gasteiger partial charge in [-0.25, -0.2) is 4.98 Å². The van der Waals surface area contributed by atoms with Gasteiger partial charge >= 0.3 is 0 Å². The lowest BCUT2D eigenvalue weighted by atomic mass is 10.0. The van der Waals surface area contributed by atoms with Gasteiger partial charge in [0, 0.05) is 17.0 Å². The molecule has 0 bridgehead atoms. The SMILES string of the molecule is CC(C)Cc1sc(C#N)nc1-c1cccc(OCCOCCN(C)C)c1. The summed E-state index contributed by atoms with van der Waals surface area (Å²) in [6, 6.07) is 10.1. The zero-order valence-corrected chi connectivity index (χ0v) is 16.8. The Labute approximate surface area is 160 Å². The second-order valence-electron chi connectivity index (χ2n) is 6.79. The van der Waals surface area contributed by atoms with Gasteiger partial charge in [-0.3, -0.25) is 0 Å². The van der Waals surface area contributed by atoms with Crippen LogP contribution in [0, 0.1) is 17.2 Å². The van der Waals surface area contributed by atoms with Gasteiger partial charge in [-0.15, -0.1) is 11.3 Å². The lowest BCUT2D eigenvalue weighted by molar-refractivity contribution is 0.0890. The van der Waals surface area contributed by atoms with Gasteiger partial charge in [-0.2, -0.15) is 5.26 Å². The van der Waals surface area contributed by atoms with Gasteiger partial charge in [0.2, 0.25) is 0 Å². The zero-order chi connectivity index (χ0) is 18.9. The van der Waals surface area contributed by atoms with E-state index >= 15 is 0 Å². The summed E-state index contributed by atoms with van der Waals surface area (Å²) in [7, 11) is 4.05. The van der Waals surface area contributed by atoms with E-state index in [2.05, 4.69) is 29.8 Å². The molecule has 0 saturated carbocycles. The van der Waals surface area contributed by atoms with Gasteiger partial charge < -0.3 is 14.4 Å². The van der Waals surface area contributed by atoms with Crippen LogP contribution >= 0.6 is 11.3 Å². The van der Waals surface area contributed by atoms with Crippen LogP contribution in [0.4, 0.5) is 0 Å². The summed E-state index contributed by atoms with van der Waals surface area (Å²) in [5.74, 6) is 1.31. The smallest absolute Gasteiger partial charge is 0.195 e. The maximum Gasteiger partial charge on any atom is 0.195 e. The summed E-state index contributed by atoms with van der Waals surface area (Å²) < 4.78 is 11.3. The summed E-state index contributed by atoms with van der Waals surface area (Å²) in [5.41, 5.74) is 1.89. The van der Waals surface area contributed by atoms with Crippen molar-refractivity contribution in [3.63, 3.8) is 0 Å². The minimum atomic E-state index is 0.510. The van der Waals surface area contributed by atoms with Crippen molar-refractivity contribution < 1.29 is 9.47 Å². The number of benzene rings is 1. The first kappa shape index (κ1) is 20.4. The number of aromatic nitrogens is 1. The van der Waals surface area contributed by atoms with Gasteiger partial charge in [-0.1, -0.05) is 26.0 Å². The fourth-order valence-electron chi connectivity index (χ4n) is 2.44. The first-order chi connectivity index (χ1) is 12.5. The third-order valence-corrected chi connectivity index (χ3v) is 4.66. The minimum absolute atomic E-state index is 0.510. The molecule has 0 N–H and O–H groups in total. The Morgan fingerprint density at radius 2 is 2.04 bits per heavy atom. The maximum atomic E-state index is 9.19. The standard InChI is InChI=1S/C20H27N3O2S/c1-15(2)12-18-20(22-19(14-21)26-18)16-6-5-7-17(13-16)25-11-10-24-9-8-23(3)4/h5-7,13,15H,8-12H2,1-4H3. The first-order valence-corrected chi connectivity index (χ1v) is 9.66. The van der Waals surface area contributed by atoms with E-state index in [1.54, 1.807) is 0 Å². The van der Waals surface area contributed by atoms with E-state index in [0.29, 0.717) is 30.7 Å². The van der Waals surface area contributed by atoms with Crippen LogP contribution in [0.25, 0.3) is 11.3 Å². The summed E-state index contributed by atoms with van der Waals surface area (Å²) in [5, 5.41) is 9.70. The van der Waals surface area contributed by atoms with Crippen molar-refractivity contribution in [2.75, 3.05) is 40.5 Å². The number of hydrogen-bond donors (Lipinski definition) is 0. The Morgan fingerprint density at radius 3 is 2.73 bits per heavy atom. The van der Waals surface area contributed by atoms with E-state index in [0.717, 1.165) is 34.8 Å². The van der Waals surface area contributed by atoms with Gasteiger partial charge in [0.15, 0.2) is 5.01 Å². The van der Waals surface area contributed by atoms with E-state index < -0.39 is 0 Å². The molecule has 0 aliphatic heterocycles. The van der Waals surface area contributed by atoms with Crippen LogP contribution in [-0.2, 0) is 11.2 Å². The Hall–Kier alpha value is -1.94. The van der Waals surface area contributed by atoms with Crippen LogP contribution in [0.15, 0.2) is 24.3 Å². The van der Waals surface area contributed by atoms with Crippen molar-refractivity contribution in [2.45, 2.75) is 20.3 Å². The molecule has 0 saturated heterocycles. The Kier molecular flexibility index (Phi) is 8.05. The Bertz CT molecular complexity index is 735. The fourth-order valence-corrected chi connectivity index (χ4v) is 3.53. The van der Waals surface area contributed by atoms with Crippen molar-refractivity contribution in [3.05, 3.63) is 34.2 Å². The number of nitrogens with zero attached hydrogens (tertiary/aromatic N) is 3. The molecular formula is C20H27N3O2S. The maximum absolute atomic E-state index is 9.19. The van der Waals surface area contributed by atoms with Crippen LogP contribution in [0.1, 0.15) is 23.7 Å². The lowest BCUT2D eigenvalue weighted by Gasteiger charge is -2.11. The molecule has 1 aromatic carbocycles. The van der Waals surface area contributed by atoms with Crippen molar-refractivity contribution in [2.24, 2.45) is 5.92 Å². The second-order valence-corrected chi connectivity index (χ2v) is 7.88. The highest BCUT2D eigenvalue weighted by atomic mass is 32.1. The monoisotopic (exact) mass is 373 g/mol. The number of hydrogen-bond acceptors (Lipinski definition) is 6. The van der Waals surface area contributed by atoms with E-state index in [-0.39, 0.29) is 0 Å². The molecule has 6 heteroatoms. The predicted octanol–water partition coefficient (Wildman–Crippen LogP) is 3.84. The largest absolute Gasteiger partial charge is 0.491 e. The highest BCUT2D eigenvalue weighted by Gasteiger charge is 2.14. The Morgan fingerprint density at radius 1 is 1.23 bits per heavy atom. The van der Waals surface area contributed by atoms with Crippen molar-refractivity contribution in [3.8, 4) is 23.1 Å². The van der Waals surface area contributed by atoms with Gasteiger partial charge in [0.05, 0.1) is 18.9 Å². The number of rotatable bonds is 10. The summed E-state index contributed by atoms with van der Waals surface area (Å²) in [6.07, 6.45) is 0.916. The van der Waals surface area contributed by atoms with Crippen LogP contribution in [-0.4, -0.2) is 50.3 Å². The van der Waals surface area contributed by atoms with Gasteiger partial charge in [0.1, 0.15) is 18.4 Å². The molecule has 0 atom stereocenters. The van der Waals surface area contributed by atoms with E-state index in [1.807, 2.05) is 38.4 Å². The molecular weight excluding hydrogens is 346 g/mol. The van der Waals surface area contributed by atoms with Crippen LogP contribution in [0.2, 0.25) is 0 Å². The summed E-state index contributed by atoms with van der Waals surface area (Å²) in [6.45, 7) is 7.02.